The van der Waals surface area contributed by atoms with Gasteiger partial charge in [-0.05, 0) is 36.4 Å². The predicted molar refractivity (Wildman–Crippen MR) is 117 cm³/mol. The summed E-state index contributed by atoms with van der Waals surface area (Å²) in [6.07, 6.45) is 1.14. The summed E-state index contributed by atoms with van der Waals surface area (Å²) >= 11 is 2.61. The smallest absolute Gasteiger partial charge is 0.236 e. The summed E-state index contributed by atoms with van der Waals surface area (Å²) in [5, 5.41) is 5.04. The largest absolute Gasteiger partial charge is 0.301 e. The number of carbonyl (C=O) groups excluding carboxylic acids is 1. The molecule has 0 atom stereocenters. The number of anilines is 2. The Labute approximate surface area is 176 Å². The van der Waals surface area contributed by atoms with Gasteiger partial charge in [0, 0.05) is 22.9 Å². The molecule has 1 heterocycles. The van der Waals surface area contributed by atoms with Crippen LogP contribution in [0.1, 0.15) is 0 Å². The molecule has 0 bridgehead atoms. The van der Waals surface area contributed by atoms with E-state index in [4.69, 9.17) is 0 Å². The lowest BCUT2D eigenvalue weighted by molar-refractivity contribution is -0.113. The summed E-state index contributed by atoms with van der Waals surface area (Å²) in [6.45, 7) is 0. The average molecular weight is 452 g/mol. The maximum Gasteiger partial charge on any atom is 0.236 e. The van der Waals surface area contributed by atoms with E-state index in [1.165, 1.54) is 46.6 Å². The zero-order valence-corrected chi connectivity index (χ0v) is 18.1. The lowest BCUT2D eigenvalue weighted by Gasteiger charge is -2.16. The van der Waals surface area contributed by atoms with Crippen molar-refractivity contribution < 1.29 is 17.6 Å². The maximum atomic E-state index is 12.9. The van der Waals surface area contributed by atoms with Crippen molar-refractivity contribution in [2.24, 2.45) is 0 Å². The molecule has 29 heavy (non-hydrogen) atoms. The van der Waals surface area contributed by atoms with E-state index in [-0.39, 0.29) is 17.5 Å². The highest BCUT2D eigenvalue weighted by atomic mass is 32.2. The third kappa shape index (κ3) is 5.78. The Morgan fingerprint density at radius 2 is 1.83 bits per heavy atom. The quantitative estimate of drug-likeness (QED) is 0.548. The van der Waals surface area contributed by atoms with E-state index >= 15 is 0 Å². The first-order valence-corrected chi connectivity index (χ1v) is 12.1. The van der Waals surface area contributed by atoms with Gasteiger partial charge in [0.1, 0.15) is 5.82 Å². The number of sulfonamides is 1. The fraction of sp³-hybridized carbons (Fsp3) is 0.158. The highest BCUT2D eigenvalue weighted by Gasteiger charge is 2.13. The van der Waals surface area contributed by atoms with Gasteiger partial charge in [0.15, 0.2) is 5.13 Å². The van der Waals surface area contributed by atoms with Crippen LogP contribution in [0.5, 0.6) is 0 Å². The Bertz CT molecular complexity index is 1100. The normalized spacial score (nSPS) is 11.3. The van der Waals surface area contributed by atoms with Crippen LogP contribution in [-0.4, -0.2) is 38.4 Å². The van der Waals surface area contributed by atoms with Crippen LogP contribution in [-0.2, 0) is 14.8 Å². The van der Waals surface area contributed by atoms with Gasteiger partial charge in [-0.25, -0.2) is 17.8 Å². The number of benzene rings is 2. The van der Waals surface area contributed by atoms with Gasteiger partial charge in [-0.15, -0.1) is 23.1 Å². The Morgan fingerprint density at radius 1 is 1.17 bits per heavy atom. The number of carbonyl (C=O) groups is 1. The van der Waals surface area contributed by atoms with E-state index in [9.17, 15) is 17.6 Å². The van der Waals surface area contributed by atoms with Crippen molar-refractivity contribution in [3.8, 4) is 11.3 Å². The first kappa shape index (κ1) is 21.3. The molecule has 10 heteroatoms. The molecule has 2 aromatic carbocycles. The van der Waals surface area contributed by atoms with Crippen LogP contribution >= 0.6 is 23.1 Å². The van der Waals surface area contributed by atoms with Crippen LogP contribution in [0.3, 0.4) is 0 Å². The summed E-state index contributed by atoms with van der Waals surface area (Å²) in [6, 6.07) is 12.9. The minimum atomic E-state index is -3.32. The van der Waals surface area contributed by atoms with Crippen molar-refractivity contribution in [3.05, 3.63) is 59.7 Å². The van der Waals surface area contributed by atoms with Crippen molar-refractivity contribution in [2.75, 3.05) is 28.7 Å². The second-order valence-electron chi connectivity index (χ2n) is 6.11. The summed E-state index contributed by atoms with van der Waals surface area (Å²) in [5.41, 5.74) is 2.05. The monoisotopic (exact) mass is 451 g/mol. The maximum absolute atomic E-state index is 12.9. The molecule has 0 radical (unpaired) electrons. The third-order valence-corrected chi connectivity index (χ3v) is 6.93. The Kier molecular flexibility index (Phi) is 6.56. The van der Waals surface area contributed by atoms with Crippen molar-refractivity contribution in [3.63, 3.8) is 0 Å². The van der Waals surface area contributed by atoms with Gasteiger partial charge >= 0.3 is 0 Å². The van der Waals surface area contributed by atoms with Gasteiger partial charge in [-0.2, -0.15) is 0 Å². The highest BCUT2D eigenvalue weighted by molar-refractivity contribution is 8.00. The molecule has 6 nitrogen and oxygen atoms in total. The fourth-order valence-electron chi connectivity index (χ4n) is 2.33. The lowest BCUT2D eigenvalue weighted by atomic mass is 10.1. The van der Waals surface area contributed by atoms with Crippen LogP contribution in [0.2, 0.25) is 0 Å². The molecular weight excluding hydrogens is 433 g/mol. The number of thiazole rings is 1. The van der Waals surface area contributed by atoms with Gasteiger partial charge in [0.2, 0.25) is 15.9 Å². The van der Waals surface area contributed by atoms with E-state index in [0.717, 1.165) is 16.7 Å². The Morgan fingerprint density at radius 3 is 2.45 bits per heavy atom. The molecule has 0 spiro atoms. The van der Waals surface area contributed by atoms with E-state index in [1.807, 2.05) is 5.38 Å². The standard InChI is InChI=1S/C19H18FN3O3S3/c1-23(29(2,25)26)15-7-3-13(4-8-15)17-11-28-19(21-17)22-18(24)12-27-16-9-5-14(20)6-10-16/h3-11H,12H2,1-2H3,(H,21,22,24). The Hall–Kier alpha value is -2.43. The summed E-state index contributed by atoms with van der Waals surface area (Å²) in [7, 11) is -1.83. The van der Waals surface area contributed by atoms with Crippen molar-refractivity contribution >= 4 is 49.8 Å². The van der Waals surface area contributed by atoms with Crippen LogP contribution in [0.4, 0.5) is 15.2 Å². The van der Waals surface area contributed by atoms with Crippen LogP contribution in [0.15, 0.2) is 58.8 Å². The van der Waals surface area contributed by atoms with Crippen LogP contribution in [0.25, 0.3) is 11.3 Å². The zero-order chi connectivity index (χ0) is 21.0. The first-order valence-electron chi connectivity index (χ1n) is 8.40. The summed E-state index contributed by atoms with van der Waals surface area (Å²) in [4.78, 5) is 17.3. The summed E-state index contributed by atoms with van der Waals surface area (Å²) < 4.78 is 37.3. The van der Waals surface area contributed by atoms with Gasteiger partial charge < -0.3 is 5.32 Å². The number of rotatable bonds is 7. The molecule has 3 aromatic rings. The molecule has 0 saturated heterocycles. The number of hydrogen-bond acceptors (Lipinski definition) is 6. The van der Waals surface area contributed by atoms with Gasteiger partial charge in [0.25, 0.3) is 0 Å². The van der Waals surface area contributed by atoms with E-state index in [0.29, 0.717) is 16.5 Å². The molecule has 0 unspecified atom stereocenters. The second kappa shape index (κ2) is 8.93. The molecule has 152 valence electrons. The number of hydrogen-bond donors (Lipinski definition) is 1. The van der Waals surface area contributed by atoms with Crippen molar-refractivity contribution in [1.29, 1.82) is 0 Å². The molecule has 0 saturated carbocycles. The molecule has 0 fully saturated rings. The average Bonchev–Trinajstić information content (AvgIpc) is 3.15. The van der Waals surface area contributed by atoms with E-state index < -0.39 is 10.0 Å². The molecule has 0 aliphatic carbocycles. The topological polar surface area (TPSA) is 79.4 Å². The van der Waals surface area contributed by atoms with Crippen molar-refractivity contribution in [1.82, 2.24) is 4.98 Å². The van der Waals surface area contributed by atoms with Crippen LogP contribution in [0, 0.1) is 5.82 Å². The molecule has 1 aromatic heterocycles. The van der Waals surface area contributed by atoms with Gasteiger partial charge in [0.05, 0.1) is 23.4 Å². The van der Waals surface area contributed by atoms with E-state index in [1.54, 1.807) is 36.4 Å². The number of aromatic nitrogens is 1. The molecule has 1 N–H and O–H groups in total. The number of amides is 1. The number of thioether (sulfide) groups is 1. The fourth-order valence-corrected chi connectivity index (χ4v) is 4.27. The minimum Gasteiger partial charge on any atom is -0.301 e. The van der Waals surface area contributed by atoms with Gasteiger partial charge in [-0.3, -0.25) is 9.10 Å². The number of nitrogens with one attached hydrogen (secondary N) is 1. The third-order valence-electron chi connectivity index (χ3n) is 3.96. The molecule has 0 aliphatic rings. The number of halogens is 1. The molecule has 3 rings (SSSR count). The lowest BCUT2D eigenvalue weighted by Crippen LogP contribution is -2.24. The van der Waals surface area contributed by atoms with Crippen molar-refractivity contribution in [2.45, 2.75) is 4.90 Å². The molecule has 0 aliphatic heterocycles. The first-order chi connectivity index (χ1) is 13.7. The number of nitrogens with zero attached hydrogens (tertiary/aromatic N) is 2. The molecular formula is C19H18FN3O3S3. The van der Waals surface area contributed by atoms with Crippen LogP contribution < -0.4 is 9.62 Å². The predicted octanol–water partition coefficient (Wildman–Crippen LogP) is 4.08. The summed E-state index contributed by atoms with van der Waals surface area (Å²) in [5.74, 6) is -0.331. The van der Waals surface area contributed by atoms with E-state index in [2.05, 4.69) is 10.3 Å². The minimum absolute atomic E-state index is 0.188. The SMILES string of the molecule is CN(c1ccc(-c2csc(NC(=O)CSc3ccc(F)cc3)n2)cc1)S(C)(=O)=O. The highest BCUT2D eigenvalue weighted by Crippen LogP contribution is 2.27. The Balaban J connectivity index is 1.60. The molecule has 1 amide bonds. The second-order valence-corrected chi connectivity index (χ2v) is 10.0. The zero-order valence-electron chi connectivity index (χ0n) is 15.6. The van der Waals surface area contributed by atoms with Gasteiger partial charge in [-0.1, -0.05) is 12.1 Å².